The van der Waals surface area contributed by atoms with Gasteiger partial charge in [0, 0.05) is 0 Å². The van der Waals surface area contributed by atoms with Gasteiger partial charge in [-0.05, 0) is 0 Å². The molecular formula is C12H30MoN4. The Morgan fingerprint density at radius 3 is 1.00 bits per heavy atom. The molecule has 4 nitrogen and oxygen atoms in total. The quantitative estimate of drug-likeness (QED) is 0.730. The molecule has 0 aliphatic heterocycles. The van der Waals surface area contributed by atoms with Gasteiger partial charge in [-0.2, -0.15) is 0 Å². The maximum absolute atomic E-state index is 5.10. The molecule has 0 aromatic heterocycles. The summed E-state index contributed by atoms with van der Waals surface area (Å²) in [6.45, 7) is 12.9. The summed E-state index contributed by atoms with van der Waals surface area (Å²) < 4.78 is 14.7. The predicted octanol–water partition coefficient (Wildman–Crippen LogP) is 3.06. The van der Waals surface area contributed by atoms with Crippen molar-refractivity contribution in [1.29, 1.82) is 0 Å². The Morgan fingerprint density at radius 2 is 0.882 bits per heavy atom. The summed E-state index contributed by atoms with van der Waals surface area (Å²) in [5.74, 6) is 0. The van der Waals surface area contributed by atoms with E-state index in [1.807, 2.05) is 0 Å². The van der Waals surface area contributed by atoms with Crippen molar-refractivity contribution in [1.82, 2.24) is 6.92 Å². The minimum absolute atomic E-state index is 0.0512. The van der Waals surface area contributed by atoms with Crippen LogP contribution < -0.4 is 0 Å². The van der Waals surface area contributed by atoms with Gasteiger partial charge in [0.2, 0.25) is 0 Å². The van der Waals surface area contributed by atoms with Crippen LogP contribution in [0.3, 0.4) is 0 Å². The third kappa shape index (κ3) is 5.58. The normalized spacial score (nSPS) is 14.4. The third-order valence-electron chi connectivity index (χ3n) is 1.77. The summed E-state index contributed by atoms with van der Waals surface area (Å²) in [5.41, 5.74) is -0.102. The molecule has 0 bridgehead atoms. The van der Waals surface area contributed by atoms with Gasteiger partial charge in [-0.15, -0.1) is 0 Å². The molecule has 0 N–H and O–H groups in total. The van der Waals surface area contributed by atoms with Crippen molar-refractivity contribution in [2.45, 2.75) is 52.6 Å². The van der Waals surface area contributed by atoms with E-state index in [1.54, 1.807) is 0 Å². The molecule has 0 spiro atoms. The summed E-state index contributed by atoms with van der Waals surface area (Å²) in [6.07, 6.45) is 0. The van der Waals surface area contributed by atoms with E-state index in [9.17, 15) is 0 Å². The maximum atomic E-state index is 5.10. The van der Waals surface area contributed by atoms with Crippen molar-refractivity contribution in [3.63, 3.8) is 0 Å². The van der Waals surface area contributed by atoms with Gasteiger partial charge in [-0.1, -0.05) is 0 Å². The van der Waals surface area contributed by atoms with E-state index in [0.717, 1.165) is 0 Å². The molecule has 0 unspecified atom stereocenters. The standard InChI is InChI=1S/2C4H9N.2C2H6N.Mo/c2*1-4(2,3)5;2*1-3-2;/h2*1-3H3;2*1-2H3;/q;;2*-1;+2. The van der Waals surface area contributed by atoms with E-state index < -0.39 is 16.2 Å². The zero-order valence-electron chi connectivity index (χ0n) is 13.2. The van der Waals surface area contributed by atoms with Crippen LogP contribution in [-0.2, 0) is 16.2 Å². The van der Waals surface area contributed by atoms with Crippen LogP contribution in [-0.4, -0.2) is 46.2 Å². The number of hydrogen-bond acceptors (Lipinski definition) is 2. The number of nitrogens with zero attached hydrogens (tertiary/aromatic N) is 4. The van der Waals surface area contributed by atoms with Gasteiger partial charge in [0.1, 0.15) is 0 Å². The summed E-state index contributed by atoms with van der Waals surface area (Å²) in [4.78, 5) is 0. The zero-order chi connectivity index (χ0) is 14.1. The molecule has 5 heteroatoms. The van der Waals surface area contributed by atoms with Crippen molar-refractivity contribution >= 4 is 0 Å². The van der Waals surface area contributed by atoms with Crippen LogP contribution >= 0.6 is 0 Å². The molecule has 0 saturated heterocycles. The van der Waals surface area contributed by atoms with Gasteiger partial charge in [0.15, 0.2) is 0 Å². The first kappa shape index (κ1) is 17.2. The van der Waals surface area contributed by atoms with E-state index in [4.69, 9.17) is 6.99 Å². The second-order valence-electron chi connectivity index (χ2n) is 6.64. The molecule has 0 aromatic rings. The van der Waals surface area contributed by atoms with Crippen molar-refractivity contribution in [2.24, 2.45) is 6.99 Å². The fraction of sp³-hybridized carbons (Fsp3) is 1.00. The molecule has 0 aromatic carbocycles. The fourth-order valence-electron chi connectivity index (χ4n) is 1.41. The molecule has 0 aliphatic rings. The van der Waals surface area contributed by atoms with E-state index in [0.29, 0.717) is 0 Å². The van der Waals surface area contributed by atoms with Gasteiger partial charge in [-0.3, -0.25) is 0 Å². The van der Waals surface area contributed by atoms with E-state index in [1.165, 1.54) is 0 Å². The average Bonchev–Trinajstić information content (AvgIpc) is 1.96. The van der Waals surface area contributed by atoms with Crippen LogP contribution in [0.1, 0.15) is 41.5 Å². The van der Waals surface area contributed by atoms with Gasteiger partial charge in [0.25, 0.3) is 0 Å². The molecule has 0 amide bonds. The van der Waals surface area contributed by atoms with Crippen LogP contribution in [0.4, 0.5) is 0 Å². The Hall–Kier alpha value is 0.208. The Balaban J connectivity index is 6.20. The molecule has 0 heterocycles. The summed E-state index contributed by atoms with van der Waals surface area (Å²) >= 11 is -2.93. The Bertz CT molecular complexity index is 321. The van der Waals surface area contributed by atoms with Crippen LogP contribution in [0.15, 0.2) is 6.99 Å². The second kappa shape index (κ2) is 5.46. The van der Waals surface area contributed by atoms with Crippen LogP contribution in [0.2, 0.25) is 0 Å². The van der Waals surface area contributed by atoms with Gasteiger partial charge in [-0.25, -0.2) is 0 Å². The molecule has 0 fully saturated rings. The van der Waals surface area contributed by atoms with Crippen molar-refractivity contribution < 1.29 is 16.2 Å². The Kier molecular flexibility index (Phi) is 5.52. The van der Waals surface area contributed by atoms with Gasteiger partial charge >= 0.3 is 111 Å². The molecule has 0 aliphatic carbocycles. The molecule has 0 rings (SSSR count). The van der Waals surface area contributed by atoms with Gasteiger partial charge in [0.05, 0.1) is 0 Å². The Morgan fingerprint density at radius 1 is 0.647 bits per heavy atom. The van der Waals surface area contributed by atoms with E-state index in [2.05, 4.69) is 76.7 Å². The number of rotatable bonds is 2. The minimum atomic E-state index is -2.93. The van der Waals surface area contributed by atoms with Gasteiger partial charge < -0.3 is 0 Å². The molecule has 0 radical (unpaired) electrons. The molecule has 104 valence electrons. The summed E-state index contributed by atoms with van der Waals surface area (Å²) in [6, 6.07) is 0. The third-order valence-corrected chi connectivity index (χ3v) is 10.5. The van der Waals surface area contributed by atoms with Crippen molar-refractivity contribution in [3.8, 4) is 0 Å². The number of hydrogen-bond donors (Lipinski definition) is 0. The predicted molar refractivity (Wildman–Crippen MR) is 71.7 cm³/mol. The van der Waals surface area contributed by atoms with Crippen molar-refractivity contribution in [2.75, 3.05) is 28.2 Å². The van der Waals surface area contributed by atoms with E-state index in [-0.39, 0.29) is 11.1 Å². The second-order valence-corrected chi connectivity index (χ2v) is 13.5. The molecular weight excluding hydrogens is 296 g/mol. The fourth-order valence-corrected chi connectivity index (χ4v) is 8.33. The average molecular weight is 326 g/mol. The first-order valence-electron chi connectivity index (χ1n) is 5.97. The molecule has 0 saturated carbocycles. The Labute approximate surface area is 111 Å². The van der Waals surface area contributed by atoms with Crippen LogP contribution in [0, 0.1) is 0 Å². The summed E-state index contributed by atoms with van der Waals surface area (Å²) in [7, 11) is 8.41. The molecule has 17 heavy (non-hydrogen) atoms. The SMILES string of the molecule is C[N](C)[Mo](=[N]C(C)(C)C)(=[N]C(C)(C)C)[N](C)C. The van der Waals surface area contributed by atoms with E-state index >= 15 is 0 Å². The monoisotopic (exact) mass is 328 g/mol. The van der Waals surface area contributed by atoms with Crippen LogP contribution in [0.5, 0.6) is 0 Å². The first-order valence-corrected chi connectivity index (χ1v) is 9.56. The molecule has 0 atom stereocenters. The van der Waals surface area contributed by atoms with Crippen LogP contribution in [0.25, 0.3) is 0 Å². The van der Waals surface area contributed by atoms with Crippen molar-refractivity contribution in [3.05, 3.63) is 0 Å². The summed E-state index contributed by atoms with van der Waals surface area (Å²) in [5, 5.41) is 0. The topological polar surface area (TPSA) is 31.2 Å². The zero-order valence-corrected chi connectivity index (χ0v) is 15.2. The first-order chi connectivity index (χ1) is 7.30.